The first-order valence-electron chi connectivity index (χ1n) is 10.1. The van der Waals surface area contributed by atoms with Gasteiger partial charge in [0, 0.05) is 32.2 Å². The van der Waals surface area contributed by atoms with Crippen LogP contribution < -0.4 is 4.74 Å². The van der Waals surface area contributed by atoms with Crippen molar-refractivity contribution in [3.8, 4) is 5.75 Å². The van der Waals surface area contributed by atoms with Crippen LogP contribution in [0.15, 0.2) is 54.6 Å². The molecule has 0 amide bonds. The molecule has 2 aliphatic rings. The highest BCUT2D eigenvalue weighted by molar-refractivity contribution is 7.89. The van der Waals surface area contributed by atoms with E-state index in [4.69, 9.17) is 4.74 Å². The molecule has 4 rings (SSSR count). The number of hydrogen-bond donors (Lipinski definition) is 0. The van der Waals surface area contributed by atoms with Crippen molar-refractivity contribution in [2.75, 3.05) is 32.0 Å². The minimum Gasteiger partial charge on any atom is -0.494 e. The lowest BCUT2D eigenvalue weighted by atomic mass is 9.98. The number of rotatable bonds is 7. The van der Waals surface area contributed by atoms with Crippen molar-refractivity contribution in [3.63, 3.8) is 0 Å². The first-order valence-corrected chi connectivity index (χ1v) is 11.7. The standard InChI is InChI=1S/C22H28N2O3S/c25-28(26,16-6-15-27-22-9-2-1-3-10-22)24-14-12-21(18-24)23-13-11-19-7-4-5-8-20(19)17-23/h1-5,7-10,21H,6,11-18H2. The summed E-state index contributed by atoms with van der Waals surface area (Å²) in [5, 5.41) is 0. The second-order valence-electron chi connectivity index (χ2n) is 7.62. The summed E-state index contributed by atoms with van der Waals surface area (Å²) in [6.45, 7) is 3.61. The second kappa shape index (κ2) is 8.64. The third-order valence-corrected chi connectivity index (χ3v) is 7.68. The third-order valence-electron chi connectivity index (χ3n) is 5.75. The predicted octanol–water partition coefficient (Wildman–Crippen LogP) is 2.92. The van der Waals surface area contributed by atoms with E-state index in [2.05, 4.69) is 29.2 Å². The molecule has 28 heavy (non-hydrogen) atoms. The maximum absolute atomic E-state index is 12.7. The summed E-state index contributed by atoms with van der Waals surface area (Å²) in [6.07, 6.45) is 2.48. The van der Waals surface area contributed by atoms with Gasteiger partial charge in [-0.05, 0) is 42.5 Å². The minimum absolute atomic E-state index is 0.148. The van der Waals surface area contributed by atoms with Gasteiger partial charge < -0.3 is 4.74 Å². The van der Waals surface area contributed by atoms with Crippen LogP contribution in [0.25, 0.3) is 0 Å². The van der Waals surface area contributed by atoms with Gasteiger partial charge in [-0.15, -0.1) is 0 Å². The van der Waals surface area contributed by atoms with Gasteiger partial charge >= 0.3 is 0 Å². The van der Waals surface area contributed by atoms with Crippen LogP contribution >= 0.6 is 0 Å². The molecule has 1 unspecified atom stereocenters. The maximum atomic E-state index is 12.7. The van der Waals surface area contributed by atoms with Crippen LogP contribution in [0.5, 0.6) is 5.75 Å². The van der Waals surface area contributed by atoms with Crippen LogP contribution in [0.1, 0.15) is 24.0 Å². The highest BCUT2D eigenvalue weighted by Crippen LogP contribution is 2.25. The first kappa shape index (κ1) is 19.4. The van der Waals surface area contributed by atoms with Crippen molar-refractivity contribution in [2.45, 2.75) is 31.8 Å². The van der Waals surface area contributed by atoms with E-state index in [1.54, 1.807) is 4.31 Å². The van der Waals surface area contributed by atoms with Crippen molar-refractivity contribution in [2.24, 2.45) is 0 Å². The Morgan fingerprint density at radius 1 is 0.964 bits per heavy atom. The molecule has 2 aromatic rings. The molecule has 0 aliphatic carbocycles. The second-order valence-corrected chi connectivity index (χ2v) is 9.71. The summed E-state index contributed by atoms with van der Waals surface area (Å²) in [4.78, 5) is 2.45. The van der Waals surface area contributed by atoms with Gasteiger partial charge in [0.25, 0.3) is 0 Å². The Labute approximate surface area is 168 Å². The Morgan fingerprint density at radius 3 is 2.54 bits per heavy atom. The molecule has 5 nitrogen and oxygen atoms in total. The summed E-state index contributed by atoms with van der Waals surface area (Å²) in [6, 6.07) is 18.4. The van der Waals surface area contributed by atoms with Gasteiger partial charge in [0.1, 0.15) is 5.75 Å². The van der Waals surface area contributed by atoms with Crippen LogP contribution in [0, 0.1) is 0 Å². The summed E-state index contributed by atoms with van der Waals surface area (Å²) in [7, 11) is -3.22. The molecule has 1 saturated heterocycles. The summed E-state index contributed by atoms with van der Waals surface area (Å²) < 4.78 is 32.7. The zero-order valence-corrected chi connectivity index (χ0v) is 17.0. The molecule has 0 aromatic heterocycles. The van der Waals surface area contributed by atoms with Gasteiger partial charge in [-0.2, -0.15) is 0 Å². The average molecular weight is 401 g/mol. The highest BCUT2D eigenvalue weighted by atomic mass is 32.2. The Kier molecular flexibility index (Phi) is 5.99. The Bertz CT molecular complexity index is 886. The Morgan fingerprint density at radius 2 is 1.71 bits per heavy atom. The summed E-state index contributed by atoms with van der Waals surface area (Å²) in [5.41, 5.74) is 2.81. The topological polar surface area (TPSA) is 49.9 Å². The molecular formula is C22H28N2O3S. The molecule has 1 fully saturated rings. The number of ether oxygens (including phenoxy) is 1. The van der Waals surface area contributed by atoms with E-state index >= 15 is 0 Å². The van der Waals surface area contributed by atoms with Crippen LogP contribution in [0.4, 0.5) is 0 Å². The molecule has 6 heteroatoms. The molecule has 0 saturated carbocycles. The summed E-state index contributed by atoms with van der Waals surface area (Å²) in [5.74, 6) is 0.932. The molecule has 2 aromatic carbocycles. The van der Waals surface area contributed by atoms with Gasteiger partial charge in [-0.25, -0.2) is 12.7 Å². The predicted molar refractivity (Wildman–Crippen MR) is 111 cm³/mol. The van der Waals surface area contributed by atoms with Gasteiger partial charge in [0.05, 0.1) is 12.4 Å². The van der Waals surface area contributed by atoms with E-state index in [0.717, 1.165) is 31.7 Å². The van der Waals surface area contributed by atoms with E-state index < -0.39 is 10.0 Å². The van der Waals surface area contributed by atoms with E-state index in [-0.39, 0.29) is 5.75 Å². The van der Waals surface area contributed by atoms with Gasteiger partial charge in [0.15, 0.2) is 0 Å². The molecule has 0 bridgehead atoms. The van der Waals surface area contributed by atoms with Crippen LogP contribution in [0.2, 0.25) is 0 Å². The van der Waals surface area contributed by atoms with Crippen molar-refractivity contribution in [1.29, 1.82) is 0 Å². The molecular weight excluding hydrogens is 372 g/mol. The van der Waals surface area contributed by atoms with Crippen LogP contribution in [-0.2, 0) is 23.0 Å². The normalized spacial score (nSPS) is 20.8. The first-order chi connectivity index (χ1) is 13.6. The zero-order chi connectivity index (χ0) is 19.4. The molecule has 0 N–H and O–H groups in total. The van der Waals surface area contributed by atoms with Crippen molar-refractivity contribution in [3.05, 3.63) is 65.7 Å². The van der Waals surface area contributed by atoms with Crippen molar-refractivity contribution < 1.29 is 13.2 Å². The molecule has 0 radical (unpaired) electrons. The van der Waals surface area contributed by atoms with Gasteiger partial charge in [-0.1, -0.05) is 42.5 Å². The van der Waals surface area contributed by atoms with E-state index in [1.807, 2.05) is 30.3 Å². The molecule has 1 atom stereocenters. The van der Waals surface area contributed by atoms with E-state index in [0.29, 0.717) is 32.2 Å². The Balaban J connectivity index is 1.26. The number of para-hydroxylation sites is 1. The summed E-state index contributed by atoms with van der Waals surface area (Å²) >= 11 is 0. The highest BCUT2D eigenvalue weighted by Gasteiger charge is 2.35. The molecule has 0 spiro atoms. The van der Waals surface area contributed by atoms with Gasteiger partial charge in [-0.3, -0.25) is 4.90 Å². The van der Waals surface area contributed by atoms with Crippen molar-refractivity contribution in [1.82, 2.24) is 9.21 Å². The average Bonchev–Trinajstić information content (AvgIpc) is 3.23. The molecule has 2 heterocycles. The number of nitrogens with zero attached hydrogens (tertiary/aromatic N) is 2. The SMILES string of the molecule is O=S(=O)(CCCOc1ccccc1)N1CCC(N2CCc3ccccc3C2)C1. The van der Waals surface area contributed by atoms with E-state index in [1.165, 1.54) is 11.1 Å². The fourth-order valence-electron chi connectivity index (χ4n) is 4.17. The molecule has 150 valence electrons. The number of fused-ring (bicyclic) bond motifs is 1. The van der Waals surface area contributed by atoms with Crippen LogP contribution in [-0.4, -0.2) is 55.7 Å². The number of hydrogen-bond acceptors (Lipinski definition) is 4. The van der Waals surface area contributed by atoms with E-state index in [9.17, 15) is 8.42 Å². The minimum atomic E-state index is -3.22. The lowest BCUT2D eigenvalue weighted by Crippen LogP contribution is -2.42. The largest absolute Gasteiger partial charge is 0.494 e. The maximum Gasteiger partial charge on any atom is 0.214 e. The smallest absolute Gasteiger partial charge is 0.214 e. The lowest BCUT2D eigenvalue weighted by molar-refractivity contribution is 0.185. The van der Waals surface area contributed by atoms with Crippen LogP contribution in [0.3, 0.4) is 0 Å². The Hall–Kier alpha value is -1.89. The van der Waals surface area contributed by atoms with Crippen molar-refractivity contribution >= 4 is 10.0 Å². The fourth-order valence-corrected chi connectivity index (χ4v) is 5.69. The zero-order valence-electron chi connectivity index (χ0n) is 16.2. The fraction of sp³-hybridized carbons (Fsp3) is 0.455. The third kappa shape index (κ3) is 4.57. The quantitative estimate of drug-likeness (QED) is 0.671. The number of benzene rings is 2. The number of sulfonamides is 1. The lowest BCUT2D eigenvalue weighted by Gasteiger charge is -2.33. The van der Waals surface area contributed by atoms with Gasteiger partial charge in [0.2, 0.25) is 10.0 Å². The monoisotopic (exact) mass is 400 g/mol. The molecule has 2 aliphatic heterocycles.